The molecule has 1 heterocycles. The van der Waals surface area contributed by atoms with Gasteiger partial charge in [-0.05, 0) is 40.0 Å². The van der Waals surface area contributed by atoms with E-state index in [4.69, 9.17) is 10.5 Å². The first-order valence-electron chi connectivity index (χ1n) is 6.43. The van der Waals surface area contributed by atoms with E-state index in [-0.39, 0.29) is 11.7 Å². The number of anilines is 1. The van der Waals surface area contributed by atoms with Gasteiger partial charge in [-0.15, -0.1) is 0 Å². The highest BCUT2D eigenvalue weighted by Gasteiger charge is 2.11. The second-order valence-corrected chi connectivity index (χ2v) is 5.32. The van der Waals surface area contributed by atoms with Gasteiger partial charge in [-0.2, -0.15) is 0 Å². The number of pyridine rings is 1. The molecule has 1 aromatic carbocycles. The summed E-state index contributed by atoms with van der Waals surface area (Å²) >= 11 is 3.27. The minimum absolute atomic E-state index is 0.216. The van der Waals surface area contributed by atoms with Crippen LogP contribution in [-0.4, -0.2) is 24.5 Å². The molecule has 0 fully saturated rings. The predicted molar refractivity (Wildman–Crippen MR) is 85.4 cm³/mol. The van der Waals surface area contributed by atoms with Crippen molar-refractivity contribution in [2.45, 2.75) is 6.42 Å². The van der Waals surface area contributed by atoms with Gasteiger partial charge in [0.2, 0.25) is 0 Å². The molecule has 0 saturated carbocycles. The zero-order valence-corrected chi connectivity index (χ0v) is 13.2. The van der Waals surface area contributed by atoms with Crippen molar-refractivity contribution in [3.63, 3.8) is 0 Å². The quantitative estimate of drug-likeness (QED) is 0.868. The molecule has 0 aliphatic carbocycles. The summed E-state index contributed by atoms with van der Waals surface area (Å²) in [6.07, 6.45) is 2.23. The number of nitrogens with two attached hydrogens (primary N) is 1. The van der Waals surface area contributed by atoms with Gasteiger partial charge < -0.3 is 15.8 Å². The molecule has 0 saturated heterocycles. The Morgan fingerprint density at radius 1 is 1.43 bits per heavy atom. The van der Waals surface area contributed by atoms with Crippen LogP contribution < -0.4 is 15.8 Å². The lowest BCUT2D eigenvalue weighted by atomic mass is 10.1. The summed E-state index contributed by atoms with van der Waals surface area (Å²) in [6, 6.07) is 9.37. The van der Waals surface area contributed by atoms with Gasteiger partial charge in [-0.3, -0.25) is 4.79 Å². The number of nitrogens with zero attached hydrogens (tertiary/aromatic N) is 1. The van der Waals surface area contributed by atoms with Crippen molar-refractivity contribution in [1.82, 2.24) is 10.3 Å². The second-order valence-electron chi connectivity index (χ2n) is 4.40. The number of para-hydroxylation sites is 1. The van der Waals surface area contributed by atoms with E-state index in [1.54, 1.807) is 19.4 Å². The van der Waals surface area contributed by atoms with Crippen molar-refractivity contribution in [2.75, 3.05) is 19.4 Å². The Hall–Kier alpha value is -2.08. The van der Waals surface area contributed by atoms with Crippen LogP contribution in [0, 0.1) is 0 Å². The Balaban J connectivity index is 1.97. The number of aromatic nitrogens is 1. The minimum Gasteiger partial charge on any atom is -0.496 e. The number of ether oxygens (including phenoxy) is 1. The largest absolute Gasteiger partial charge is 0.496 e. The third-order valence-corrected chi connectivity index (χ3v) is 3.44. The van der Waals surface area contributed by atoms with Crippen LogP contribution in [0.4, 0.5) is 5.82 Å². The number of carbonyl (C=O) groups excluding carboxylic acids is 1. The molecule has 0 unspecified atom stereocenters. The van der Waals surface area contributed by atoms with E-state index in [2.05, 4.69) is 26.2 Å². The topological polar surface area (TPSA) is 77.2 Å². The molecule has 0 aliphatic rings. The predicted octanol–water partition coefficient (Wildman–Crippen LogP) is 2.41. The zero-order valence-electron chi connectivity index (χ0n) is 11.6. The van der Waals surface area contributed by atoms with Gasteiger partial charge >= 0.3 is 0 Å². The van der Waals surface area contributed by atoms with Gasteiger partial charge in [0, 0.05) is 17.2 Å². The second kappa shape index (κ2) is 7.08. The lowest BCUT2D eigenvalue weighted by Crippen LogP contribution is -2.26. The number of benzene rings is 1. The molecule has 1 amide bonds. The molecular formula is C15H16BrN3O2. The van der Waals surface area contributed by atoms with Crippen LogP contribution in [0.25, 0.3) is 0 Å². The molecule has 110 valence electrons. The lowest BCUT2D eigenvalue weighted by molar-refractivity contribution is 0.0954. The molecule has 0 bridgehead atoms. The number of amides is 1. The average Bonchev–Trinajstić information content (AvgIpc) is 2.50. The van der Waals surface area contributed by atoms with Gasteiger partial charge in [0.1, 0.15) is 11.6 Å². The van der Waals surface area contributed by atoms with Crippen molar-refractivity contribution in [3.05, 3.63) is 52.1 Å². The third-order valence-electron chi connectivity index (χ3n) is 3.00. The van der Waals surface area contributed by atoms with Gasteiger partial charge in [0.05, 0.1) is 12.7 Å². The SMILES string of the molecule is COc1ccccc1CCNC(=O)c1cc(Br)cnc1N. The average molecular weight is 350 g/mol. The lowest BCUT2D eigenvalue weighted by Gasteiger charge is -2.10. The van der Waals surface area contributed by atoms with E-state index < -0.39 is 0 Å². The van der Waals surface area contributed by atoms with E-state index in [0.29, 0.717) is 23.0 Å². The molecule has 1 aromatic heterocycles. The fourth-order valence-corrected chi connectivity index (χ4v) is 2.28. The highest BCUT2D eigenvalue weighted by Crippen LogP contribution is 2.18. The van der Waals surface area contributed by atoms with Crippen LogP contribution in [0.1, 0.15) is 15.9 Å². The molecule has 2 rings (SSSR count). The fourth-order valence-electron chi connectivity index (χ4n) is 1.95. The fraction of sp³-hybridized carbons (Fsp3) is 0.200. The van der Waals surface area contributed by atoms with Crippen molar-refractivity contribution < 1.29 is 9.53 Å². The molecule has 0 atom stereocenters. The van der Waals surface area contributed by atoms with Crippen molar-refractivity contribution in [3.8, 4) is 5.75 Å². The summed E-state index contributed by atoms with van der Waals surface area (Å²) in [5, 5.41) is 2.83. The number of nitrogens with one attached hydrogen (secondary N) is 1. The molecule has 6 heteroatoms. The van der Waals surface area contributed by atoms with Crippen LogP contribution in [-0.2, 0) is 6.42 Å². The number of hydrogen-bond acceptors (Lipinski definition) is 4. The number of nitrogen functional groups attached to an aromatic ring is 1. The monoisotopic (exact) mass is 349 g/mol. The highest BCUT2D eigenvalue weighted by atomic mass is 79.9. The first-order valence-corrected chi connectivity index (χ1v) is 7.22. The molecule has 0 spiro atoms. The summed E-state index contributed by atoms with van der Waals surface area (Å²) in [5.74, 6) is 0.791. The Labute approximate surface area is 131 Å². The van der Waals surface area contributed by atoms with E-state index in [1.807, 2.05) is 24.3 Å². The summed E-state index contributed by atoms with van der Waals surface area (Å²) < 4.78 is 5.99. The maximum atomic E-state index is 12.1. The van der Waals surface area contributed by atoms with Gasteiger partial charge in [0.25, 0.3) is 5.91 Å². The summed E-state index contributed by atoms with van der Waals surface area (Å²) in [6.45, 7) is 0.491. The summed E-state index contributed by atoms with van der Waals surface area (Å²) in [5.41, 5.74) is 7.11. The molecular weight excluding hydrogens is 334 g/mol. The Morgan fingerprint density at radius 3 is 2.95 bits per heavy atom. The molecule has 0 aliphatic heterocycles. The van der Waals surface area contributed by atoms with Crippen LogP contribution in [0.2, 0.25) is 0 Å². The van der Waals surface area contributed by atoms with Gasteiger partial charge in [-0.1, -0.05) is 18.2 Å². The maximum absolute atomic E-state index is 12.1. The standard InChI is InChI=1S/C15H16BrN3O2/c1-21-13-5-3-2-4-10(13)6-7-18-15(20)12-8-11(16)9-19-14(12)17/h2-5,8-9H,6-7H2,1H3,(H2,17,19)(H,18,20). The van der Waals surface area contributed by atoms with Gasteiger partial charge in [-0.25, -0.2) is 4.98 Å². The van der Waals surface area contributed by atoms with Gasteiger partial charge in [0.15, 0.2) is 0 Å². The Bertz CT molecular complexity index is 647. The van der Waals surface area contributed by atoms with E-state index >= 15 is 0 Å². The van der Waals surface area contributed by atoms with Crippen LogP contribution in [0.3, 0.4) is 0 Å². The normalized spacial score (nSPS) is 10.2. The van der Waals surface area contributed by atoms with E-state index in [9.17, 15) is 4.79 Å². The first-order chi connectivity index (χ1) is 10.1. The van der Waals surface area contributed by atoms with Crippen molar-refractivity contribution in [2.24, 2.45) is 0 Å². The number of carbonyl (C=O) groups is 1. The molecule has 0 radical (unpaired) electrons. The number of hydrogen-bond donors (Lipinski definition) is 2. The van der Waals surface area contributed by atoms with E-state index in [0.717, 1.165) is 11.3 Å². The zero-order chi connectivity index (χ0) is 15.2. The number of methoxy groups -OCH3 is 1. The number of rotatable bonds is 5. The maximum Gasteiger partial charge on any atom is 0.255 e. The molecule has 2 aromatic rings. The summed E-state index contributed by atoms with van der Waals surface area (Å²) in [7, 11) is 1.63. The van der Waals surface area contributed by atoms with Crippen LogP contribution in [0.5, 0.6) is 5.75 Å². The van der Waals surface area contributed by atoms with Crippen LogP contribution >= 0.6 is 15.9 Å². The minimum atomic E-state index is -0.240. The Morgan fingerprint density at radius 2 is 2.19 bits per heavy atom. The number of halogens is 1. The molecule has 3 N–H and O–H groups in total. The highest BCUT2D eigenvalue weighted by molar-refractivity contribution is 9.10. The van der Waals surface area contributed by atoms with Crippen molar-refractivity contribution in [1.29, 1.82) is 0 Å². The van der Waals surface area contributed by atoms with Crippen molar-refractivity contribution >= 4 is 27.7 Å². The van der Waals surface area contributed by atoms with Crippen LogP contribution in [0.15, 0.2) is 41.0 Å². The first kappa shape index (κ1) is 15.3. The Kier molecular flexibility index (Phi) is 5.16. The summed E-state index contributed by atoms with van der Waals surface area (Å²) in [4.78, 5) is 16.0. The molecule has 21 heavy (non-hydrogen) atoms. The molecule has 5 nitrogen and oxygen atoms in total. The smallest absolute Gasteiger partial charge is 0.255 e. The van der Waals surface area contributed by atoms with E-state index in [1.165, 1.54) is 0 Å². The third kappa shape index (κ3) is 3.95.